The number of ether oxygens (including phenoxy) is 1. The summed E-state index contributed by atoms with van der Waals surface area (Å²) >= 11 is 1.78. The zero-order valence-electron chi connectivity index (χ0n) is 5.90. The van der Waals surface area contributed by atoms with Crippen molar-refractivity contribution in [3.63, 3.8) is 0 Å². The summed E-state index contributed by atoms with van der Waals surface area (Å²) in [5, 5.41) is 8.87. The molecule has 4 nitrogen and oxygen atoms in total. The van der Waals surface area contributed by atoms with Crippen LogP contribution in [0.4, 0.5) is 4.79 Å². The molecule has 2 rings (SSSR count). The van der Waals surface area contributed by atoms with E-state index in [-0.39, 0.29) is 6.23 Å². The molecule has 62 valence electrons. The smallest absolute Gasteiger partial charge is 0.450 e. The molecule has 0 bridgehead atoms. The number of hydrogen-bond acceptors (Lipinski definition) is 4. The number of rotatable bonds is 1. The molecular weight excluding hydrogens is 166 g/mol. The molecular formula is C6H9NO3S. The highest BCUT2D eigenvalue weighted by Crippen LogP contribution is 2.38. The molecule has 0 aromatic rings. The first kappa shape index (κ1) is 7.24. The Kier molecular flexibility index (Phi) is 1.69. The van der Waals surface area contributed by atoms with E-state index in [0.717, 1.165) is 12.3 Å². The van der Waals surface area contributed by atoms with Gasteiger partial charge in [0.1, 0.15) is 0 Å². The van der Waals surface area contributed by atoms with Gasteiger partial charge in [-0.05, 0) is 6.42 Å². The minimum absolute atomic E-state index is 0.184. The van der Waals surface area contributed by atoms with Gasteiger partial charge in [-0.3, -0.25) is 4.90 Å². The van der Waals surface area contributed by atoms with Gasteiger partial charge in [0.05, 0.1) is 5.37 Å². The predicted molar refractivity (Wildman–Crippen MR) is 40.5 cm³/mol. The molecule has 2 heterocycles. The van der Waals surface area contributed by atoms with E-state index in [1.54, 1.807) is 11.8 Å². The molecule has 0 spiro atoms. The fourth-order valence-electron chi connectivity index (χ4n) is 1.40. The van der Waals surface area contributed by atoms with Gasteiger partial charge < -0.3 is 9.84 Å². The van der Waals surface area contributed by atoms with E-state index in [0.29, 0.717) is 5.37 Å². The van der Waals surface area contributed by atoms with Crippen LogP contribution in [0.1, 0.15) is 6.42 Å². The quantitative estimate of drug-likeness (QED) is 0.597. The van der Waals surface area contributed by atoms with Crippen molar-refractivity contribution in [2.24, 2.45) is 0 Å². The Bertz CT molecular complexity index is 187. The summed E-state index contributed by atoms with van der Waals surface area (Å²) in [5.41, 5.74) is 0. The van der Waals surface area contributed by atoms with Crippen molar-refractivity contribution in [3.8, 4) is 0 Å². The first-order chi connectivity index (χ1) is 5.27. The third-order valence-corrected chi connectivity index (χ3v) is 3.41. The lowest BCUT2D eigenvalue weighted by atomic mass is 10.2. The normalized spacial score (nSPS) is 36.0. The van der Waals surface area contributed by atoms with E-state index in [2.05, 4.69) is 9.64 Å². The van der Waals surface area contributed by atoms with Gasteiger partial charge in [0.25, 0.3) is 0 Å². The Morgan fingerprint density at radius 2 is 2.55 bits per heavy atom. The van der Waals surface area contributed by atoms with Crippen molar-refractivity contribution in [2.45, 2.75) is 18.0 Å². The maximum atomic E-state index is 10.2. The third-order valence-electron chi connectivity index (χ3n) is 2.04. The molecule has 0 aromatic carbocycles. The zero-order chi connectivity index (χ0) is 7.84. The van der Waals surface area contributed by atoms with Crippen molar-refractivity contribution >= 4 is 17.9 Å². The van der Waals surface area contributed by atoms with Crippen molar-refractivity contribution in [3.05, 3.63) is 0 Å². The van der Waals surface area contributed by atoms with Crippen LogP contribution in [0.5, 0.6) is 0 Å². The average Bonchev–Trinajstić information content (AvgIpc) is 2.05. The lowest BCUT2D eigenvalue weighted by Crippen LogP contribution is -2.48. The van der Waals surface area contributed by atoms with E-state index in [9.17, 15) is 4.79 Å². The van der Waals surface area contributed by atoms with Crippen molar-refractivity contribution < 1.29 is 14.6 Å². The second kappa shape index (κ2) is 2.57. The SMILES string of the molecule is O=C(O)OC1CSC2CCN12. The number of nitrogens with zero attached hydrogens (tertiary/aromatic N) is 1. The molecule has 2 aliphatic heterocycles. The van der Waals surface area contributed by atoms with Gasteiger partial charge in [-0.2, -0.15) is 0 Å². The molecule has 2 aliphatic rings. The van der Waals surface area contributed by atoms with Crippen LogP contribution < -0.4 is 0 Å². The molecule has 0 saturated carbocycles. The Morgan fingerprint density at radius 1 is 1.73 bits per heavy atom. The molecule has 0 amide bonds. The predicted octanol–water partition coefficient (Wildman–Crippen LogP) is 0.786. The van der Waals surface area contributed by atoms with Crippen LogP contribution in [0, 0.1) is 0 Å². The van der Waals surface area contributed by atoms with Crippen LogP contribution in [0.15, 0.2) is 0 Å². The topological polar surface area (TPSA) is 49.8 Å². The highest BCUT2D eigenvalue weighted by atomic mass is 32.2. The fraction of sp³-hybridized carbons (Fsp3) is 0.833. The highest BCUT2D eigenvalue weighted by Gasteiger charge is 2.42. The van der Waals surface area contributed by atoms with Gasteiger partial charge in [0.2, 0.25) is 0 Å². The van der Waals surface area contributed by atoms with Crippen molar-refractivity contribution in [1.29, 1.82) is 0 Å². The molecule has 0 aliphatic carbocycles. The summed E-state index contributed by atoms with van der Waals surface area (Å²) in [5.74, 6) is 0.789. The summed E-state index contributed by atoms with van der Waals surface area (Å²) in [7, 11) is 0. The van der Waals surface area contributed by atoms with E-state index >= 15 is 0 Å². The molecule has 11 heavy (non-hydrogen) atoms. The maximum Gasteiger partial charge on any atom is 0.507 e. The fourth-order valence-corrected chi connectivity index (χ4v) is 2.75. The number of hydrogen-bond donors (Lipinski definition) is 1. The monoisotopic (exact) mass is 175 g/mol. The number of carboxylic acid groups (broad SMARTS) is 1. The van der Waals surface area contributed by atoms with Crippen LogP contribution in [-0.2, 0) is 4.74 Å². The Hall–Kier alpha value is -0.420. The zero-order valence-corrected chi connectivity index (χ0v) is 6.71. The lowest BCUT2D eigenvalue weighted by molar-refractivity contribution is -0.0472. The van der Waals surface area contributed by atoms with Crippen LogP contribution in [0.2, 0.25) is 0 Å². The highest BCUT2D eigenvalue weighted by molar-refractivity contribution is 8.00. The minimum Gasteiger partial charge on any atom is -0.450 e. The van der Waals surface area contributed by atoms with Gasteiger partial charge in [0, 0.05) is 12.3 Å². The molecule has 5 heteroatoms. The van der Waals surface area contributed by atoms with Crippen LogP contribution >= 0.6 is 11.8 Å². The van der Waals surface area contributed by atoms with Crippen LogP contribution in [0.3, 0.4) is 0 Å². The molecule has 2 fully saturated rings. The largest absolute Gasteiger partial charge is 0.507 e. The van der Waals surface area contributed by atoms with Gasteiger partial charge in [0.15, 0.2) is 6.23 Å². The molecule has 2 atom stereocenters. The van der Waals surface area contributed by atoms with E-state index in [1.807, 2.05) is 0 Å². The molecule has 0 radical (unpaired) electrons. The Labute approximate surface area is 68.5 Å². The Balaban J connectivity index is 1.90. The molecule has 0 aromatic heterocycles. The maximum absolute atomic E-state index is 10.2. The van der Waals surface area contributed by atoms with Gasteiger partial charge in [-0.1, -0.05) is 0 Å². The number of thioether (sulfide) groups is 1. The summed E-state index contributed by atoms with van der Waals surface area (Å²) in [6.07, 6.45) is -0.177. The average molecular weight is 175 g/mol. The van der Waals surface area contributed by atoms with Crippen LogP contribution in [-0.4, -0.2) is 40.1 Å². The van der Waals surface area contributed by atoms with Crippen molar-refractivity contribution in [1.82, 2.24) is 4.90 Å². The first-order valence-electron chi connectivity index (χ1n) is 3.54. The Morgan fingerprint density at radius 3 is 3.00 bits per heavy atom. The van der Waals surface area contributed by atoms with E-state index < -0.39 is 6.16 Å². The second-order valence-electron chi connectivity index (χ2n) is 2.65. The van der Waals surface area contributed by atoms with E-state index in [4.69, 9.17) is 5.11 Å². The first-order valence-corrected chi connectivity index (χ1v) is 4.59. The van der Waals surface area contributed by atoms with E-state index in [1.165, 1.54) is 6.42 Å². The number of fused-ring (bicyclic) bond motifs is 1. The number of carbonyl (C=O) groups is 1. The van der Waals surface area contributed by atoms with Gasteiger partial charge in [-0.15, -0.1) is 11.8 Å². The second-order valence-corrected chi connectivity index (χ2v) is 3.86. The minimum atomic E-state index is -1.16. The summed E-state index contributed by atoms with van der Waals surface area (Å²) in [6, 6.07) is 0. The van der Waals surface area contributed by atoms with Gasteiger partial charge >= 0.3 is 6.16 Å². The van der Waals surface area contributed by atoms with Crippen molar-refractivity contribution in [2.75, 3.05) is 12.3 Å². The summed E-state index contributed by atoms with van der Waals surface area (Å²) < 4.78 is 4.67. The lowest BCUT2D eigenvalue weighted by Gasteiger charge is -2.36. The third kappa shape index (κ3) is 1.18. The van der Waals surface area contributed by atoms with Crippen LogP contribution in [0.25, 0.3) is 0 Å². The molecule has 2 saturated heterocycles. The summed E-state index contributed by atoms with van der Waals surface area (Å²) in [4.78, 5) is 12.3. The molecule has 2 unspecified atom stereocenters. The standard InChI is InChI=1S/C6H9NO3S/c8-6(9)10-4-3-11-5-1-2-7(4)5/h4-5H,1-3H2,(H,8,9). The van der Waals surface area contributed by atoms with Gasteiger partial charge in [-0.25, -0.2) is 4.79 Å². The summed E-state index contributed by atoms with van der Waals surface area (Å²) in [6.45, 7) is 0.982. The molecule has 1 N–H and O–H groups in total.